The van der Waals surface area contributed by atoms with Crippen molar-refractivity contribution in [2.45, 2.75) is 6.92 Å². The Labute approximate surface area is 41.3 Å². The highest BCUT2D eigenvalue weighted by Crippen LogP contribution is 1.80. The molecule has 0 radical (unpaired) electrons. The van der Waals surface area contributed by atoms with E-state index in [4.69, 9.17) is 0 Å². The number of hydrogen-bond donors (Lipinski definition) is 0. The smallest absolute Gasteiger partial charge is 0.254 e. The van der Waals surface area contributed by atoms with Gasteiger partial charge in [-0.2, -0.15) is 0 Å². The highest BCUT2D eigenvalue weighted by molar-refractivity contribution is 6.33. The quantitative estimate of drug-likeness (QED) is 0.330. The number of allylic oxidation sites excluding steroid dienone is 1. The lowest BCUT2D eigenvalue weighted by Crippen LogP contribution is -1.76. The molecular weight excluding hydrogens is 104 g/mol. The van der Waals surface area contributed by atoms with Crippen LogP contribution in [0.2, 0.25) is 0 Å². The second-order valence-corrected chi connectivity index (χ2v) is 0.656. The van der Waals surface area contributed by atoms with Gasteiger partial charge in [-0.1, -0.05) is 6.08 Å². The average molecular weight is 110 g/mol. The maximum absolute atomic E-state index is 9.67. The Bertz CT molecular complexity index is 34.4. The SMILES string of the molecule is C=CC.FB(F)F. The van der Waals surface area contributed by atoms with Crippen LogP contribution in [0.4, 0.5) is 12.9 Å². The molecular formula is C3H6BF3. The first-order chi connectivity index (χ1) is 3.15. The standard InChI is InChI=1S/C3H6.BF3/c1-3-2;2-1(3)4/h3H,1H2,2H3;. The van der Waals surface area contributed by atoms with E-state index in [1.165, 1.54) is 0 Å². The van der Waals surface area contributed by atoms with Crippen LogP contribution in [0, 0.1) is 0 Å². The molecule has 4 heteroatoms. The normalized spacial score (nSPS) is 5.71. The summed E-state index contributed by atoms with van der Waals surface area (Å²) in [4.78, 5) is 0. The van der Waals surface area contributed by atoms with E-state index < -0.39 is 7.54 Å². The third-order valence-electron chi connectivity index (χ3n) is 0. The van der Waals surface area contributed by atoms with Crippen LogP contribution >= 0.6 is 0 Å². The molecule has 0 nitrogen and oxygen atoms in total. The molecule has 0 saturated heterocycles. The van der Waals surface area contributed by atoms with E-state index in [-0.39, 0.29) is 0 Å². The molecule has 0 atom stereocenters. The largest absolute Gasteiger partial charge is 0.762 e. The molecule has 0 fully saturated rings. The fourth-order valence-electron chi connectivity index (χ4n) is 0. The molecule has 0 aromatic carbocycles. The zero-order valence-corrected chi connectivity index (χ0v) is 4.00. The van der Waals surface area contributed by atoms with E-state index in [1.807, 2.05) is 6.92 Å². The van der Waals surface area contributed by atoms with E-state index in [9.17, 15) is 12.9 Å². The van der Waals surface area contributed by atoms with Crippen molar-refractivity contribution in [2.24, 2.45) is 0 Å². The van der Waals surface area contributed by atoms with Gasteiger partial charge in [0.15, 0.2) is 0 Å². The van der Waals surface area contributed by atoms with Crippen molar-refractivity contribution in [3.63, 3.8) is 0 Å². The van der Waals surface area contributed by atoms with Crippen LogP contribution in [-0.2, 0) is 0 Å². The summed E-state index contributed by atoms with van der Waals surface area (Å²) in [6.45, 7) is 5.25. The molecule has 0 aromatic heterocycles. The summed E-state index contributed by atoms with van der Waals surface area (Å²) in [5.74, 6) is 0. The highest BCUT2D eigenvalue weighted by atomic mass is 19.4. The van der Waals surface area contributed by atoms with Crippen molar-refractivity contribution < 1.29 is 12.9 Å². The molecule has 0 spiro atoms. The number of halogens is 3. The van der Waals surface area contributed by atoms with Crippen molar-refractivity contribution in [3.8, 4) is 0 Å². The summed E-state index contributed by atoms with van der Waals surface area (Å²) in [6.07, 6.45) is 1.75. The van der Waals surface area contributed by atoms with Gasteiger partial charge in [0.2, 0.25) is 0 Å². The van der Waals surface area contributed by atoms with Crippen LogP contribution in [0.15, 0.2) is 12.7 Å². The minimum Gasteiger partial charge on any atom is -0.254 e. The summed E-state index contributed by atoms with van der Waals surface area (Å²) >= 11 is 0. The van der Waals surface area contributed by atoms with Gasteiger partial charge in [-0.05, 0) is 6.92 Å². The second-order valence-electron chi connectivity index (χ2n) is 0.656. The number of rotatable bonds is 0. The Hall–Kier alpha value is -0.405. The van der Waals surface area contributed by atoms with Crippen molar-refractivity contribution in [1.82, 2.24) is 0 Å². The van der Waals surface area contributed by atoms with Gasteiger partial charge < -0.3 is 0 Å². The summed E-state index contributed by atoms with van der Waals surface area (Å²) in [5.41, 5.74) is 0. The summed E-state index contributed by atoms with van der Waals surface area (Å²) in [5, 5.41) is 0. The van der Waals surface area contributed by atoms with E-state index in [0.29, 0.717) is 0 Å². The Morgan fingerprint density at radius 3 is 1.43 bits per heavy atom. The Kier molecular flexibility index (Phi) is 12.8. The molecule has 42 valence electrons. The van der Waals surface area contributed by atoms with E-state index in [2.05, 4.69) is 6.58 Å². The van der Waals surface area contributed by atoms with E-state index in [1.54, 1.807) is 6.08 Å². The third-order valence-corrected chi connectivity index (χ3v) is 0. The van der Waals surface area contributed by atoms with Gasteiger partial charge in [-0.15, -0.1) is 6.58 Å². The van der Waals surface area contributed by atoms with Gasteiger partial charge in [-0.3, -0.25) is 12.9 Å². The molecule has 0 aliphatic carbocycles. The molecule has 0 aliphatic heterocycles. The van der Waals surface area contributed by atoms with Gasteiger partial charge in [0.1, 0.15) is 0 Å². The maximum Gasteiger partial charge on any atom is 0.762 e. The zero-order chi connectivity index (χ0) is 6.28. The fourth-order valence-corrected chi connectivity index (χ4v) is 0. The van der Waals surface area contributed by atoms with Crippen molar-refractivity contribution in [2.75, 3.05) is 0 Å². The van der Waals surface area contributed by atoms with Gasteiger partial charge in [0, 0.05) is 0 Å². The maximum atomic E-state index is 9.67. The zero-order valence-electron chi connectivity index (χ0n) is 4.00. The van der Waals surface area contributed by atoms with Gasteiger partial charge in [0.05, 0.1) is 0 Å². The van der Waals surface area contributed by atoms with Crippen LogP contribution in [-0.4, -0.2) is 7.54 Å². The monoisotopic (exact) mass is 110 g/mol. The molecule has 0 N–H and O–H groups in total. The molecule has 7 heavy (non-hydrogen) atoms. The minimum atomic E-state index is -3.67. The summed E-state index contributed by atoms with van der Waals surface area (Å²) in [7, 11) is -3.67. The summed E-state index contributed by atoms with van der Waals surface area (Å²) in [6, 6.07) is 0. The van der Waals surface area contributed by atoms with Crippen LogP contribution in [0.1, 0.15) is 6.92 Å². The molecule has 0 aromatic rings. The van der Waals surface area contributed by atoms with Gasteiger partial charge in [-0.25, -0.2) is 0 Å². The topological polar surface area (TPSA) is 0 Å². The molecule has 0 unspecified atom stereocenters. The van der Waals surface area contributed by atoms with Crippen LogP contribution in [0.5, 0.6) is 0 Å². The molecule has 0 saturated carbocycles. The molecule has 0 bridgehead atoms. The van der Waals surface area contributed by atoms with Crippen molar-refractivity contribution >= 4 is 7.54 Å². The van der Waals surface area contributed by atoms with Crippen molar-refractivity contribution in [1.29, 1.82) is 0 Å². The first kappa shape index (κ1) is 9.78. The predicted octanol–water partition coefficient (Wildman–Crippen LogP) is 2.07. The predicted molar refractivity (Wildman–Crippen MR) is 24.9 cm³/mol. The first-order valence-electron chi connectivity index (χ1n) is 1.64. The van der Waals surface area contributed by atoms with E-state index >= 15 is 0 Å². The lowest BCUT2D eigenvalue weighted by Gasteiger charge is -1.55. The average Bonchev–Trinajstić information content (AvgIpc) is 1.33. The van der Waals surface area contributed by atoms with E-state index in [0.717, 1.165) is 0 Å². The van der Waals surface area contributed by atoms with Crippen molar-refractivity contribution in [3.05, 3.63) is 12.7 Å². The second kappa shape index (κ2) is 9.14. The fraction of sp³-hybridized carbons (Fsp3) is 0.333. The highest BCUT2D eigenvalue weighted by Gasteiger charge is 2.06. The lowest BCUT2D eigenvalue weighted by molar-refractivity contribution is 0.535. The van der Waals surface area contributed by atoms with Gasteiger partial charge in [0.25, 0.3) is 0 Å². The van der Waals surface area contributed by atoms with Gasteiger partial charge >= 0.3 is 7.54 Å². The summed E-state index contributed by atoms with van der Waals surface area (Å²) < 4.78 is 29.0. The molecule has 0 rings (SSSR count). The van der Waals surface area contributed by atoms with Crippen LogP contribution in [0.25, 0.3) is 0 Å². The Morgan fingerprint density at radius 2 is 1.43 bits per heavy atom. The first-order valence-corrected chi connectivity index (χ1v) is 1.64. The molecule has 0 aliphatic rings. The minimum absolute atomic E-state index is 1.75. The lowest BCUT2D eigenvalue weighted by atomic mass is 10.5. The van der Waals surface area contributed by atoms with Crippen LogP contribution in [0.3, 0.4) is 0 Å². The molecule has 0 heterocycles. The molecule has 0 amide bonds. The Balaban J connectivity index is 0. The number of hydrogen-bond acceptors (Lipinski definition) is 0. The third kappa shape index (κ3) is 441. The van der Waals surface area contributed by atoms with Crippen LogP contribution < -0.4 is 0 Å². The Morgan fingerprint density at radius 1 is 1.43 bits per heavy atom.